The number of carbonyl (C=O) groups is 1. The van der Waals surface area contributed by atoms with Gasteiger partial charge in [-0.05, 0) is 48.7 Å². The summed E-state index contributed by atoms with van der Waals surface area (Å²) in [5, 5.41) is 7.79. The van der Waals surface area contributed by atoms with Crippen molar-refractivity contribution in [2.75, 3.05) is 25.5 Å². The molecule has 158 valence electrons. The van der Waals surface area contributed by atoms with E-state index in [1.807, 2.05) is 17.0 Å². The van der Waals surface area contributed by atoms with Crippen LogP contribution in [0.25, 0.3) is 5.57 Å². The van der Waals surface area contributed by atoms with Crippen LogP contribution in [0.2, 0.25) is 5.02 Å². The van der Waals surface area contributed by atoms with Crippen LogP contribution in [0.5, 0.6) is 0 Å². The molecule has 0 bridgehead atoms. The zero-order valence-electron chi connectivity index (χ0n) is 16.8. The van der Waals surface area contributed by atoms with Crippen molar-refractivity contribution in [2.24, 2.45) is 16.7 Å². The first-order chi connectivity index (χ1) is 14.3. The fraction of sp³-hybridized carbons (Fsp3) is 0.238. The minimum absolute atomic E-state index is 0.0850. The molecule has 5 N–H and O–H groups in total. The van der Waals surface area contributed by atoms with E-state index in [4.69, 9.17) is 23.2 Å². The van der Waals surface area contributed by atoms with E-state index < -0.39 is 11.7 Å². The fourth-order valence-electron chi connectivity index (χ4n) is 3.25. The number of hydrazone groups is 1. The normalized spacial score (nSPS) is 14.7. The summed E-state index contributed by atoms with van der Waals surface area (Å²) in [6.07, 6.45) is 0.858. The number of hydrazine groups is 1. The lowest BCUT2D eigenvalue weighted by Gasteiger charge is -2.31. The summed E-state index contributed by atoms with van der Waals surface area (Å²) >= 11 is 5.89. The highest BCUT2D eigenvalue weighted by molar-refractivity contribution is 6.34. The zero-order chi connectivity index (χ0) is 21.8. The standard InChI is InChI=1S/C21H24ClFN6O/c1-13-10-11-29(21(24)27-28(2)25)12-17(13)14-6-8-15(9-7-14)26-20(30)16-4-3-5-18(23)19(16)22/h3-9H,10-12,25H2,1-2H3,(H2,24,27)(H,26,30). The average Bonchev–Trinajstić information content (AvgIpc) is 2.70. The second-order valence-electron chi connectivity index (χ2n) is 7.10. The summed E-state index contributed by atoms with van der Waals surface area (Å²) in [6.45, 7) is 3.47. The van der Waals surface area contributed by atoms with Crippen molar-refractivity contribution in [3.8, 4) is 0 Å². The number of benzene rings is 2. The molecule has 2 aromatic carbocycles. The van der Waals surface area contributed by atoms with Gasteiger partial charge in [-0.15, -0.1) is 5.10 Å². The molecule has 1 heterocycles. The minimum atomic E-state index is -0.632. The van der Waals surface area contributed by atoms with E-state index in [1.54, 1.807) is 19.2 Å². The lowest BCUT2D eigenvalue weighted by Crippen LogP contribution is -2.43. The van der Waals surface area contributed by atoms with Crippen LogP contribution in [-0.2, 0) is 0 Å². The smallest absolute Gasteiger partial charge is 0.257 e. The van der Waals surface area contributed by atoms with Crippen LogP contribution in [0.1, 0.15) is 29.3 Å². The maximum atomic E-state index is 13.6. The molecule has 0 aromatic heterocycles. The lowest BCUT2D eigenvalue weighted by atomic mass is 9.95. The van der Waals surface area contributed by atoms with E-state index in [-0.39, 0.29) is 10.6 Å². The molecule has 0 saturated heterocycles. The molecular formula is C21H24ClFN6O. The molecule has 0 saturated carbocycles. The van der Waals surface area contributed by atoms with E-state index in [9.17, 15) is 9.18 Å². The molecule has 0 aliphatic carbocycles. The van der Waals surface area contributed by atoms with Gasteiger partial charge in [-0.25, -0.2) is 15.4 Å². The number of nitrogens with one attached hydrogen (secondary N) is 1. The molecule has 2 aromatic rings. The Labute approximate surface area is 179 Å². The number of guanidine groups is 1. The molecule has 0 spiro atoms. The van der Waals surface area contributed by atoms with Gasteiger partial charge in [0.1, 0.15) is 5.82 Å². The molecule has 3 rings (SSSR count). The van der Waals surface area contributed by atoms with E-state index in [0.29, 0.717) is 18.2 Å². The third-order valence-corrected chi connectivity index (χ3v) is 5.28. The van der Waals surface area contributed by atoms with Crippen molar-refractivity contribution in [3.05, 3.63) is 70.0 Å². The predicted octanol–water partition coefficient (Wildman–Crippen LogP) is 3.25. The Morgan fingerprint density at radius 3 is 2.63 bits per heavy atom. The first kappa shape index (κ1) is 21.6. The van der Waals surface area contributed by atoms with Gasteiger partial charge in [0.25, 0.3) is 5.91 Å². The molecular weight excluding hydrogens is 407 g/mol. The van der Waals surface area contributed by atoms with Gasteiger partial charge < -0.3 is 16.0 Å². The second-order valence-corrected chi connectivity index (χ2v) is 7.47. The molecule has 1 aliphatic rings. The van der Waals surface area contributed by atoms with Crippen LogP contribution < -0.4 is 16.9 Å². The Kier molecular flexibility index (Phi) is 6.59. The zero-order valence-corrected chi connectivity index (χ0v) is 17.6. The molecule has 9 heteroatoms. The quantitative estimate of drug-likeness (QED) is 0.299. The van der Waals surface area contributed by atoms with E-state index >= 15 is 0 Å². The van der Waals surface area contributed by atoms with Gasteiger partial charge in [0.05, 0.1) is 10.6 Å². The number of anilines is 1. The maximum absolute atomic E-state index is 13.6. The van der Waals surface area contributed by atoms with Gasteiger partial charge in [-0.2, -0.15) is 0 Å². The molecule has 0 radical (unpaired) electrons. The molecule has 30 heavy (non-hydrogen) atoms. The first-order valence-electron chi connectivity index (χ1n) is 9.38. The van der Waals surface area contributed by atoms with Crippen LogP contribution in [0.4, 0.5) is 10.1 Å². The van der Waals surface area contributed by atoms with Crippen LogP contribution >= 0.6 is 11.6 Å². The molecule has 0 fully saturated rings. The largest absolute Gasteiger partial charge is 0.368 e. The summed E-state index contributed by atoms with van der Waals surface area (Å²) < 4.78 is 13.6. The number of rotatable bonds is 4. The van der Waals surface area contributed by atoms with Crippen LogP contribution in [0.15, 0.2) is 53.1 Å². The molecule has 0 atom stereocenters. The van der Waals surface area contributed by atoms with Crippen molar-refractivity contribution in [2.45, 2.75) is 13.3 Å². The van der Waals surface area contributed by atoms with Gasteiger partial charge in [-0.3, -0.25) is 4.79 Å². The SMILES string of the molecule is CC1=C(c2ccc(NC(=O)c3cccc(F)c3Cl)cc2)CN(/C(N)=N/N(C)N)CC1. The van der Waals surface area contributed by atoms with Crippen LogP contribution in [-0.4, -0.2) is 42.0 Å². The third-order valence-electron chi connectivity index (χ3n) is 4.89. The fourth-order valence-corrected chi connectivity index (χ4v) is 3.46. The molecule has 7 nitrogen and oxygen atoms in total. The van der Waals surface area contributed by atoms with E-state index in [2.05, 4.69) is 17.3 Å². The topological polar surface area (TPSA) is 100.0 Å². The Balaban J connectivity index is 1.75. The molecule has 1 aliphatic heterocycles. The van der Waals surface area contributed by atoms with Gasteiger partial charge in [0.15, 0.2) is 0 Å². The number of hydrogen-bond donors (Lipinski definition) is 3. The monoisotopic (exact) mass is 430 g/mol. The summed E-state index contributed by atoms with van der Waals surface area (Å²) in [5.41, 5.74) is 10.1. The highest BCUT2D eigenvalue weighted by atomic mass is 35.5. The number of nitrogens with zero attached hydrogens (tertiary/aromatic N) is 3. The van der Waals surface area contributed by atoms with Crippen molar-refractivity contribution in [1.29, 1.82) is 0 Å². The number of nitrogens with two attached hydrogens (primary N) is 2. The third kappa shape index (κ3) is 4.90. The first-order valence-corrected chi connectivity index (χ1v) is 9.76. The van der Waals surface area contributed by atoms with Crippen molar-refractivity contribution >= 4 is 34.7 Å². The number of halogens is 2. The maximum Gasteiger partial charge on any atom is 0.257 e. The number of hydrogen-bond acceptors (Lipinski definition) is 4. The number of amides is 1. The summed E-state index contributed by atoms with van der Waals surface area (Å²) in [6, 6.07) is 11.6. The Morgan fingerprint density at radius 1 is 1.27 bits per heavy atom. The Morgan fingerprint density at radius 2 is 1.97 bits per heavy atom. The molecule has 0 unspecified atom stereocenters. The predicted molar refractivity (Wildman–Crippen MR) is 118 cm³/mol. The summed E-state index contributed by atoms with van der Waals surface area (Å²) in [5.74, 6) is 4.81. The van der Waals surface area contributed by atoms with Crippen molar-refractivity contribution in [1.82, 2.24) is 10.0 Å². The van der Waals surface area contributed by atoms with Gasteiger partial charge in [0, 0.05) is 25.8 Å². The average molecular weight is 431 g/mol. The van der Waals surface area contributed by atoms with Crippen LogP contribution in [0, 0.1) is 5.82 Å². The van der Waals surface area contributed by atoms with Crippen LogP contribution in [0.3, 0.4) is 0 Å². The number of carbonyl (C=O) groups excluding carboxylic acids is 1. The highest BCUT2D eigenvalue weighted by Crippen LogP contribution is 2.28. The van der Waals surface area contributed by atoms with Crippen molar-refractivity contribution < 1.29 is 9.18 Å². The Hall–Kier alpha value is -3.10. The van der Waals surface area contributed by atoms with E-state index in [1.165, 1.54) is 28.9 Å². The minimum Gasteiger partial charge on any atom is -0.368 e. The van der Waals surface area contributed by atoms with Crippen molar-refractivity contribution in [3.63, 3.8) is 0 Å². The van der Waals surface area contributed by atoms with Gasteiger partial charge in [0.2, 0.25) is 5.96 Å². The summed E-state index contributed by atoms with van der Waals surface area (Å²) in [7, 11) is 1.61. The second kappa shape index (κ2) is 9.15. The van der Waals surface area contributed by atoms with Gasteiger partial charge in [-0.1, -0.05) is 35.4 Å². The highest BCUT2D eigenvalue weighted by Gasteiger charge is 2.20. The lowest BCUT2D eigenvalue weighted by molar-refractivity contribution is 0.102. The molecule has 1 amide bonds. The Bertz CT molecular complexity index is 1000. The summed E-state index contributed by atoms with van der Waals surface area (Å²) in [4.78, 5) is 14.4. The van der Waals surface area contributed by atoms with Gasteiger partial charge >= 0.3 is 0 Å². The van der Waals surface area contributed by atoms with E-state index in [0.717, 1.165) is 24.1 Å².